The smallest absolute Gasteiger partial charge is 0.422 e. The topological polar surface area (TPSA) is 53.4 Å². The van der Waals surface area contributed by atoms with Gasteiger partial charge in [-0.2, -0.15) is 0 Å². The minimum absolute atomic E-state index is 0.292. The maximum Gasteiger partial charge on any atom is 0.508 e. The number of hydrogen-bond donors (Lipinski definition) is 2. The van der Waals surface area contributed by atoms with Gasteiger partial charge in [0, 0.05) is 5.69 Å². The van der Waals surface area contributed by atoms with Crippen LogP contribution in [0.1, 0.15) is 5.69 Å². The SMILES string of the molecule is Cc1cccc(B(O)O)n1. The maximum atomic E-state index is 8.64. The van der Waals surface area contributed by atoms with Crippen LogP contribution in [0.2, 0.25) is 0 Å². The Kier molecular flexibility index (Phi) is 2.04. The van der Waals surface area contributed by atoms with Crippen molar-refractivity contribution in [1.82, 2.24) is 4.98 Å². The van der Waals surface area contributed by atoms with Gasteiger partial charge >= 0.3 is 7.12 Å². The number of pyridine rings is 1. The van der Waals surface area contributed by atoms with Crippen molar-refractivity contribution in [2.75, 3.05) is 0 Å². The molecule has 0 fully saturated rings. The van der Waals surface area contributed by atoms with Crippen LogP contribution in [-0.4, -0.2) is 22.2 Å². The lowest BCUT2D eigenvalue weighted by atomic mass is 9.86. The number of aromatic nitrogens is 1. The first-order valence-corrected chi connectivity index (χ1v) is 3.00. The maximum absolute atomic E-state index is 8.64. The molecule has 0 saturated heterocycles. The standard InChI is InChI=1S/C6H8BNO2/c1-5-3-2-4-6(8-5)7(9)10/h2-4,9-10H,1H3. The van der Waals surface area contributed by atoms with Gasteiger partial charge in [0.2, 0.25) is 0 Å². The molecule has 0 spiro atoms. The molecular weight excluding hydrogens is 129 g/mol. The van der Waals surface area contributed by atoms with Crippen LogP contribution in [0.4, 0.5) is 0 Å². The Hall–Kier alpha value is -0.865. The fourth-order valence-electron chi connectivity index (χ4n) is 0.708. The monoisotopic (exact) mass is 137 g/mol. The Morgan fingerprint density at radius 3 is 2.50 bits per heavy atom. The van der Waals surface area contributed by atoms with Crippen molar-refractivity contribution in [1.29, 1.82) is 0 Å². The predicted octanol–water partition coefficient (Wildman–Crippen LogP) is -0.930. The van der Waals surface area contributed by atoms with Crippen molar-refractivity contribution >= 4 is 12.7 Å². The van der Waals surface area contributed by atoms with Gasteiger partial charge in [-0.15, -0.1) is 0 Å². The Labute approximate surface area is 59.5 Å². The Morgan fingerprint density at radius 1 is 1.40 bits per heavy atom. The third kappa shape index (κ3) is 1.56. The van der Waals surface area contributed by atoms with E-state index in [2.05, 4.69) is 4.98 Å². The highest BCUT2D eigenvalue weighted by Crippen LogP contribution is 1.86. The molecule has 0 aromatic carbocycles. The van der Waals surface area contributed by atoms with Crippen LogP contribution < -0.4 is 5.59 Å². The number of rotatable bonds is 1. The van der Waals surface area contributed by atoms with Crippen LogP contribution >= 0.6 is 0 Å². The van der Waals surface area contributed by atoms with Gasteiger partial charge in [-0.05, 0) is 19.1 Å². The van der Waals surface area contributed by atoms with Crippen molar-refractivity contribution in [2.45, 2.75) is 6.92 Å². The molecule has 0 unspecified atom stereocenters. The van der Waals surface area contributed by atoms with Gasteiger partial charge in [0.25, 0.3) is 0 Å². The first kappa shape index (κ1) is 7.24. The lowest BCUT2D eigenvalue weighted by Gasteiger charge is -1.97. The second kappa shape index (κ2) is 2.81. The largest absolute Gasteiger partial charge is 0.508 e. The average molecular weight is 137 g/mol. The molecule has 1 aromatic heterocycles. The minimum atomic E-state index is -1.46. The van der Waals surface area contributed by atoms with Crippen LogP contribution in [0, 0.1) is 6.92 Å². The van der Waals surface area contributed by atoms with Gasteiger partial charge in [-0.1, -0.05) is 6.07 Å². The van der Waals surface area contributed by atoms with Crippen LogP contribution in [-0.2, 0) is 0 Å². The summed E-state index contributed by atoms with van der Waals surface area (Å²) in [6, 6.07) is 5.10. The summed E-state index contributed by atoms with van der Waals surface area (Å²) in [5.41, 5.74) is 1.07. The highest BCUT2D eigenvalue weighted by Gasteiger charge is 2.11. The zero-order valence-corrected chi connectivity index (χ0v) is 5.65. The summed E-state index contributed by atoms with van der Waals surface area (Å²) in [5, 5.41) is 17.3. The number of hydrogen-bond acceptors (Lipinski definition) is 3. The fourth-order valence-corrected chi connectivity index (χ4v) is 0.708. The Balaban J connectivity index is 2.96. The van der Waals surface area contributed by atoms with Gasteiger partial charge in [0.05, 0.1) is 5.59 Å². The van der Waals surface area contributed by atoms with Crippen molar-refractivity contribution < 1.29 is 10.0 Å². The Bertz CT molecular complexity index is 227. The van der Waals surface area contributed by atoms with E-state index in [0.717, 1.165) is 5.69 Å². The van der Waals surface area contributed by atoms with Crippen molar-refractivity contribution in [3.8, 4) is 0 Å². The van der Waals surface area contributed by atoms with E-state index in [0.29, 0.717) is 5.59 Å². The first-order valence-electron chi connectivity index (χ1n) is 3.00. The van der Waals surface area contributed by atoms with Crippen LogP contribution in [0.3, 0.4) is 0 Å². The molecule has 1 heterocycles. The Morgan fingerprint density at radius 2 is 2.10 bits per heavy atom. The molecule has 0 aliphatic rings. The van der Waals surface area contributed by atoms with Crippen LogP contribution in [0.25, 0.3) is 0 Å². The first-order chi connectivity index (χ1) is 4.70. The molecule has 2 N–H and O–H groups in total. The van der Waals surface area contributed by atoms with E-state index >= 15 is 0 Å². The highest BCUT2D eigenvalue weighted by molar-refractivity contribution is 6.57. The molecule has 0 amide bonds. The molecular formula is C6H8BNO2. The lowest BCUT2D eigenvalue weighted by Crippen LogP contribution is -2.32. The fraction of sp³-hybridized carbons (Fsp3) is 0.167. The van der Waals surface area contributed by atoms with Crippen molar-refractivity contribution in [3.63, 3.8) is 0 Å². The molecule has 10 heavy (non-hydrogen) atoms. The zero-order chi connectivity index (χ0) is 7.56. The summed E-state index contributed by atoms with van der Waals surface area (Å²) < 4.78 is 0. The molecule has 0 radical (unpaired) electrons. The van der Waals surface area contributed by atoms with Gasteiger partial charge in [0.1, 0.15) is 0 Å². The van der Waals surface area contributed by atoms with E-state index in [-0.39, 0.29) is 0 Å². The molecule has 52 valence electrons. The normalized spacial score (nSPS) is 9.50. The summed E-state index contributed by atoms with van der Waals surface area (Å²) >= 11 is 0. The second-order valence-corrected chi connectivity index (χ2v) is 2.08. The number of aryl methyl sites for hydroxylation is 1. The second-order valence-electron chi connectivity index (χ2n) is 2.08. The summed E-state index contributed by atoms with van der Waals surface area (Å²) in [6.45, 7) is 1.80. The zero-order valence-electron chi connectivity index (χ0n) is 5.65. The molecule has 1 rings (SSSR count). The van der Waals surface area contributed by atoms with E-state index in [9.17, 15) is 0 Å². The molecule has 0 atom stereocenters. The van der Waals surface area contributed by atoms with E-state index in [1.54, 1.807) is 25.1 Å². The van der Waals surface area contributed by atoms with Gasteiger partial charge < -0.3 is 10.0 Å². The van der Waals surface area contributed by atoms with E-state index in [1.165, 1.54) is 0 Å². The summed E-state index contributed by atoms with van der Waals surface area (Å²) in [5.74, 6) is 0. The molecule has 1 aromatic rings. The third-order valence-electron chi connectivity index (χ3n) is 1.17. The van der Waals surface area contributed by atoms with Crippen LogP contribution in [0.5, 0.6) is 0 Å². The van der Waals surface area contributed by atoms with Gasteiger partial charge in [0.15, 0.2) is 0 Å². The van der Waals surface area contributed by atoms with Crippen molar-refractivity contribution in [2.24, 2.45) is 0 Å². The molecule has 4 heteroatoms. The summed E-state index contributed by atoms with van der Waals surface area (Å²) in [6.07, 6.45) is 0. The minimum Gasteiger partial charge on any atom is -0.422 e. The van der Waals surface area contributed by atoms with E-state index in [4.69, 9.17) is 10.0 Å². The van der Waals surface area contributed by atoms with Gasteiger partial charge in [-0.25, -0.2) is 0 Å². The quantitative estimate of drug-likeness (QED) is 0.491. The third-order valence-corrected chi connectivity index (χ3v) is 1.17. The highest BCUT2D eigenvalue weighted by atomic mass is 16.4. The summed E-state index contributed by atoms with van der Waals surface area (Å²) in [4.78, 5) is 3.87. The van der Waals surface area contributed by atoms with Gasteiger partial charge in [-0.3, -0.25) is 4.98 Å². The molecule has 0 aliphatic carbocycles. The molecule has 0 bridgehead atoms. The molecule has 0 saturated carbocycles. The predicted molar refractivity (Wildman–Crippen MR) is 38.8 cm³/mol. The lowest BCUT2D eigenvalue weighted by molar-refractivity contribution is 0.424. The number of nitrogens with zero attached hydrogens (tertiary/aromatic N) is 1. The van der Waals surface area contributed by atoms with E-state index in [1.807, 2.05) is 0 Å². The summed E-state index contributed by atoms with van der Waals surface area (Å²) in [7, 11) is -1.46. The molecule has 3 nitrogen and oxygen atoms in total. The van der Waals surface area contributed by atoms with Crippen LogP contribution in [0.15, 0.2) is 18.2 Å². The van der Waals surface area contributed by atoms with Crippen molar-refractivity contribution in [3.05, 3.63) is 23.9 Å². The average Bonchev–Trinajstić information content (AvgIpc) is 1.88. The van der Waals surface area contributed by atoms with E-state index < -0.39 is 7.12 Å². The molecule has 0 aliphatic heterocycles.